The van der Waals surface area contributed by atoms with Crippen LogP contribution < -0.4 is 10.9 Å². The number of benzene rings is 1. The maximum absolute atomic E-state index is 11.6. The van der Waals surface area contributed by atoms with Gasteiger partial charge >= 0.3 is 0 Å². The molecule has 4 N–H and O–H groups in total. The highest BCUT2D eigenvalue weighted by atomic mass is 32.2. The molecule has 0 aliphatic rings. The summed E-state index contributed by atoms with van der Waals surface area (Å²) >= 11 is 0. The van der Waals surface area contributed by atoms with Gasteiger partial charge in [-0.25, -0.2) is 13.6 Å². The van der Waals surface area contributed by atoms with Gasteiger partial charge < -0.3 is 5.73 Å². The second-order valence-corrected chi connectivity index (χ2v) is 5.66. The first-order valence-electron chi connectivity index (χ1n) is 5.82. The number of amides is 1. The number of carbonyl (C=O) groups is 1. The summed E-state index contributed by atoms with van der Waals surface area (Å²) in [6, 6.07) is 4.67. The molecule has 1 rings (SSSR count). The number of primary sulfonamides is 1. The number of unbranched alkanes of at least 4 members (excludes halogenated alkanes) is 2. The number of aryl methyl sites for hydroxylation is 1. The van der Waals surface area contributed by atoms with E-state index in [0.29, 0.717) is 12.0 Å². The normalized spacial score (nSPS) is 11.4. The van der Waals surface area contributed by atoms with E-state index in [0.717, 1.165) is 19.3 Å². The molecule has 0 saturated carbocycles. The molecule has 100 valence electrons. The third-order valence-electron chi connectivity index (χ3n) is 2.70. The van der Waals surface area contributed by atoms with Crippen molar-refractivity contribution < 1.29 is 13.2 Å². The standard InChI is InChI=1S/C12H18N2O3S/c1-2-3-4-6-9-7-5-8-10(12(13)15)11(9)18(14,16)17/h5,7-8H,2-4,6H2,1H3,(H2,13,15)(H2,14,16,17). The number of hydrogen-bond acceptors (Lipinski definition) is 3. The molecule has 18 heavy (non-hydrogen) atoms. The van der Waals surface area contributed by atoms with Gasteiger partial charge in [-0.15, -0.1) is 0 Å². The quantitative estimate of drug-likeness (QED) is 0.758. The second-order valence-electron chi connectivity index (χ2n) is 4.16. The zero-order valence-corrected chi connectivity index (χ0v) is 11.2. The molecule has 0 aliphatic heterocycles. The molecule has 1 aromatic rings. The fraction of sp³-hybridized carbons (Fsp3) is 0.417. The molecule has 0 bridgehead atoms. The van der Waals surface area contributed by atoms with Crippen LogP contribution in [0.5, 0.6) is 0 Å². The van der Waals surface area contributed by atoms with Crippen LogP contribution in [0, 0.1) is 0 Å². The Balaban J connectivity index is 3.25. The summed E-state index contributed by atoms with van der Waals surface area (Å²) in [5.41, 5.74) is 5.70. The fourth-order valence-electron chi connectivity index (χ4n) is 1.88. The molecule has 0 radical (unpaired) electrons. The van der Waals surface area contributed by atoms with Crippen LogP contribution in [0.25, 0.3) is 0 Å². The predicted molar refractivity (Wildman–Crippen MR) is 69.6 cm³/mol. The van der Waals surface area contributed by atoms with Crippen molar-refractivity contribution >= 4 is 15.9 Å². The molecule has 0 saturated heterocycles. The highest BCUT2D eigenvalue weighted by molar-refractivity contribution is 7.89. The SMILES string of the molecule is CCCCCc1cccc(C(N)=O)c1S(N)(=O)=O. The van der Waals surface area contributed by atoms with Crippen LogP contribution in [0.3, 0.4) is 0 Å². The lowest BCUT2D eigenvalue weighted by Crippen LogP contribution is -2.22. The van der Waals surface area contributed by atoms with Gasteiger partial charge in [0.1, 0.15) is 0 Å². The highest BCUT2D eigenvalue weighted by Crippen LogP contribution is 2.21. The maximum Gasteiger partial charge on any atom is 0.250 e. The van der Waals surface area contributed by atoms with E-state index in [4.69, 9.17) is 10.9 Å². The number of carbonyl (C=O) groups excluding carboxylic acids is 1. The van der Waals surface area contributed by atoms with E-state index in [-0.39, 0.29) is 10.5 Å². The molecule has 0 spiro atoms. The van der Waals surface area contributed by atoms with E-state index in [1.54, 1.807) is 12.1 Å². The number of sulfonamides is 1. The van der Waals surface area contributed by atoms with E-state index in [2.05, 4.69) is 6.92 Å². The molecule has 0 unspecified atom stereocenters. The Labute approximate surface area is 107 Å². The fourth-order valence-corrected chi connectivity index (χ4v) is 2.89. The predicted octanol–water partition coefficient (Wildman–Crippen LogP) is 1.17. The minimum absolute atomic E-state index is 0.0356. The summed E-state index contributed by atoms with van der Waals surface area (Å²) in [5.74, 6) is -0.781. The summed E-state index contributed by atoms with van der Waals surface area (Å²) in [6.07, 6.45) is 3.44. The number of hydrogen-bond donors (Lipinski definition) is 2. The van der Waals surface area contributed by atoms with Crippen LogP contribution in [0.4, 0.5) is 0 Å². The van der Waals surface area contributed by atoms with Crippen LogP contribution >= 0.6 is 0 Å². The van der Waals surface area contributed by atoms with Crippen molar-refractivity contribution in [1.29, 1.82) is 0 Å². The van der Waals surface area contributed by atoms with Gasteiger partial charge in [-0.2, -0.15) is 0 Å². The molecule has 0 atom stereocenters. The molecule has 1 amide bonds. The second kappa shape index (κ2) is 5.97. The molecular weight excluding hydrogens is 252 g/mol. The van der Waals surface area contributed by atoms with E-state index < -0.39 is 15.9 Å². The van der Waals surface area contributed by atoms with Crippen molar-refractivity contribution in [2.75, 3.05) is 0 Å². The lowest BCUT2D eigenvalue weighted by molar-refractivity contribution is 0.0997. The van der Waals surface area contributed by atoms with Crippen LogP contribution in [-0.4, -0.2) is 14.3 Å². The highest BCUT2D eigenvalue weighted by Gasteiger charge is 2.21. The van der Waals surface area contributed by atoms with Gasteiger partial charge in [0, 0.05) is 0 Å². The monoisotopic (exact) mass is 270 g/mol. The Hall–Kier alpha value is -1.40. The first-order chi connectivity index (χ1) is 8.38. The van der Waals surface area contributed by atoms with E-state index in [1.807, 2.05) is 0 Å². The summed E-state index contributed by atoms with van der Waals surface area (Å²) in [6.45, 7) is 2.06. The summed E-state index contributed by atoms with van der Waals surface area (Å²) < 4.78 is 23.2. The zero-order valence-electron chi connectivity index (χ0n) is 10.3. The van der Waals surface area contributed by atoms with E-state index >= 15 is 0 Å². The Bertz CT molecular complexity index is 538. The van der Waals surface area contributed by atoms with Crippen molar-refractivity contribution in [3.05, 3.63) is 29.3 Å². The molecule has 6 heteroatoms. The Morgan fingerprint density at radius 1 is 1.28 bits per heavy atom. The van der Waals surface area contributed by atoms with Gasteiger partial charge in [0.25, 0.3) is 0 Å². The summed E-state index contributed by atoms with van der Waals surface area (Å²) in [7, 11) is -3.95. The average Bonchev–Trinajstić information content (AvgIpc) is 2.27. The van der Waals surface area contributed by atoms with Crippen LogP contribution in [0.1, 0.15) is 42.1 Å². The summed E-state index contributed by atoms with van der Waals surface area (Å²) in [4.78, 5) is 11.1. The Morgan fingerprint density at radius 3 is 2.44 bits per heavy atom. The Morgan fingerprint density at radius 2 is 1.94 bits per heavy atom. The van der Waals surface area contributed by atoms with Gasteiger partial charge in [0.15, 0.2) is 0 Å². The lowest BCUT2D eigenvalue weighted by atomic mass is 10.0. The number of nitrogens with two attached hydrogens (primary N) is 2. The van der Waals surface area contributed by atoms with Gasteiger partial charge in [-0.05, 0) is 24.5 Å². The van der Waals surface area contributed by atoms with Crippen LogP contribution in [0.15, 0.2) is 23.1 Å². The molecule has 0 heterocycles. The van der Waals surface area contributed by atoms with Gasteiger partial charge in [-0.3, -0.25) is 4.79 Å². The molecule has 0 aromatic heterocycles. The van der Waals surface area contributed by atoms with Crippen molar-refractivity contribution in [1.82, 2.24) is 0 Å². The molecular formula is C12H18N2O3S. The van der Waals surface area contributed by atoms with Crippen molar-refractivity contribution in [2.24, 2.45) is 10.9 Å². The van der Waals surface area contributed by atoms with Crippen molar-refractivity contribution in [3.8, 4) is 0 Å². The summed E-state index contributed by atoms with van der Waals surface area (Å²) in [5, 5.41) is 5.16. The first-order valence-corrected chi connectivity index (χ1v) is 7.37. The molecule has 5 nitrogen and oxygen atoms in total. The largest absolute Gasteiger partial charge is 0.366 e. The smallest absolute Gasteiger partial charge is 0.250 e. The number of primary amides is 1. The minimum Gasteiger partial charge on any atom is -0.366 e. The molecule has 0 fully saturated rings. The van der Waals surface area contributed by atoms with Crippen LogP contribution in [0.2, 0.25) is 0 Å². The molecule has 0 aliphatic carbocycles. The lowest BCUT2D eigenvalue weighted by Gasteiger charge is -2.10. The third-order valence-corrected chi connectivity index (χ3v) is 3.75. The van der Waals surface area contributed by atoms with Crippen molar-refractivity contribution in [3.63, 3.8) is 0 Å². The van der Waals surface area contributed by atoms with E-state index in [1.165, 1.54) is 6.07 Å². The maximum atomic E-state index is 11.6. The van der Waals surface area contributed by atoms with Gasteiger partial charge in [0.2, 0.25) is 15.9 Å². The topological polar surface area (TPSA) is 103 Å². The van der Waals surface area contributed by atoms with E-state index in [9.17, 15) is 13.2 Å². The van der Waals surface area contributed by atoms with Gasteiger partial charge in [0.05, 0.1) is 10.5 Å². The third kappa shape index (κ3) is 3.54. The molecule has 1 aromatic carbocycles. The van der Waals surface area contributed by atoms with Crippen LogP contribution in [-0.2, 0) is 16.4 Å². The Kier molecular flexibility index (Phi) is 4.86. The average molecular weight is 270 g/mol. The minimum atomic E-state index is -3.95. The van der Waals surface area contributed by atoms with Crippen molar-refractivity contribution in [2.45, 2.75) is 37.5 Å². The van der Waals surface area contributed by atoms with Gasteiger partial charge in [-0.1, -0.05) is 31.9 Å². The zero-order chi connectivity index (χ0) is 13.8. The number of rotatable bonds is 6. The first kappa shape index (κ1) is 14.7.